The lowest BCUT2D eigenvalue weighted by atomic mass is 10.1. The van der Waals surface area contributed by atoms with Crippen LogP contribution in [0, 0.1) is 11.3 Å². The van der Waals surface area contributed by atoms with Crippen LogP contribution in [0.3, 0.4) is 0 Å². The number of benzene rings is 1. The second-order valence-electron chi connectivity index (χ2n) is 6.22. The molecule has 0 aliphatic rings. The van der Waals surface area contributed by atoms with Crippen molar-refractivity contribution in [2.75, 3.05) is 11.1 Å². The van der Waals surface area contributed by atoms with Gasteiger partial charge in [0.2, 0.25) is 5.91 Å². The third-order valence-electron chi connectivity index (χ3n) is 4.26. The number of carbonyl (C=O) groups is 1. The van der Waals surface area contributed by atoms with E-state index in [0.717, 1.165) is 29.5 Å². The van der Waals surface area contributed by atoms with Gasteiger partial charge in [-0.05, 0) is 23.9 Å². The van der Waals surface area contributed by atoms with Gasteiger partial charge >= 0.3 is 0 Å². The van der Waals surface area contributed by atoms with Crippen molar-refractivity contribution in [2.24, 2.45) is 0 Å². The molecule has 29 heavy (non-hydrogen) atoms. The van der Waals surface area contributed by atoms with E-state index >= 15 is 0 Å². The molecule has 0 spiro atoms. The molecule has 1 amide bonds. The van der Waals surface area contributed by atoms with E-state index in [4.69, 9.17) is 5.26 Å². The lowest BCUT2D eigenvalue weighted by molar-refractivity contribution is -0.113. The minimum atomic E-state index is -0.164. The first kappa shape index (κ1) is 19.6. The fourth-order valence-electron chi connectivity index (χ4n) is 2.96. The van der Waals surface area contributed by atoms with Crippen LogP contribution < -0.4 is 5.32 Å². The van der Waals surface area contributed by atoms with E-state index in [-0.39, 0.29) is 11.7 Å². The quantitative estimate of drug-likeness (QED) is 0.398. The zero-order valence-electron chi connectivity index (χ0n) is 15.6. The average molecular weight is 440 g/mol. The number of amides is 1. The van der Waals surface area contributed by atoms with Crippen molar-refractivity contribution >= 4 is 55.4 Å². The highest BCUT2D eigenvalue weighted by Gasteiger charge is 2.18. The van der Waals surface area contributed by atoms with Crippen molar-refractivity contribution in [3.63, 3.8) is 0 Å². The number of anilines is 1. The molecule has 146 valence electrons. The molecule has 1 N–H and O–H groups in total. The Kier molecular flexibility index (Phi) is 5.94. The first-order valence-electron chi connectivity index (χ1n) is 9.01. The van der Waals surface area contributed by atoms with Gasteiger partial charge in [0.25, 0.3) is 0 Å². The van der Waals surface area contributed by atoms with E-state index in [1.54, 1.807) is 22.8 Å². The van der Waals surface area contributed by atoms with Gasteiger partial charge in [-0.1, -0.05) is 36.9 Å². The van der Waals surface area contributed by atoms with E-state index in [2.05, 4.69) is 50.6 Å². The Hall–Kier alpha value is -2.67. The highest BCUT2D eigenvalue weighted by atomic mass is 32.2. The summed E-state index contributed by atoms with van der Waals surface area (Å²) in [5.41, 5.74) is 1.55. The number of hydrogen-bond donors (Lipinski definition) is 1. The molecule has 0 aliphatic heterocycles. The van der Waals surface area contributed by atoms with Gasteiger partial charge in [0.05, 0.1) is 11.3 Å². The third kappa shape index (κ3) is 4.05. The monoisotopic (exact) mass is 439 g/mol. The number of fused-ring (bicyclic) bond motifs is 1. The van der Waals surface area contributed by atoms with Crippen molar-refractivity contribution < 1.29 is 4.79 Å². The van der Waals surface area contributed by atoms with E-state index in [0.29, 0.717) is 10.6 Å². The van der Waals surface area contributed by atoms with E-state index in [9.17, 15) is 4.79 Å². The normalized spacial score (nSPS) is 10.9. The molecule has 6 nitrogen and oxygen atoms in total. The summed E-state index contributed by atoms with van der Waals surface area (Å²) in [6.07, 6.45) is 0.938. The molecule has 4 aromatic rings. The van der Waals surface area contributed by atoms with Gasteiger partial charge in [-0.2, -0.15) is 5.26 Å². The number of thiophene rings is 2. The minimum Gasteiger partial charge on any atom is -0.316 e. The van der Waals surface area contributed by atoms with Crippen molar-refractivity contribution in [1.29, 1.82) is 5.26 Å². The van der Waals surface area contributed by atoms with Crippen LogP contribution in [-0.2, 0) is 11.3 Å². The fourth-order valence-corrected chi connectivity index (χ4v) is 5.42. The third-order valence-corrected chi connectivity index (χ3v) is 7.02. The molecular formula is C20H17N5OS3. The molecule has 0 atom stereocenters. The summed E-state index contributed by atoms with van der Waals surface area (Å²) in [7, 11) is 0. The van der Waals surface area contributed by atoms with Gasteiger partial charge in [0.1, 0.15) is 11.1 Å². The van der Waals surface area contributed by atoms with Crippen LogP contribution >= 0.6 is 34.4 Å². The minimum absolute atomic E-state index is 0.164. The van der Waals surface area contributed by atoms with Gasteiger partial charge < -0.3 is 9.88 Å². The van der Waals surface area contributed by atoms with Crippen molar-refractivity contribution in [1.82, 2.24) is 14.8 Å². The summed E-state index contributed by atoms with van der Waals surface area (Å²) in [6.45, 7) is 2.89. The molecule has 3 aromatic heterocycles. The second-order valence-corrected chi connectivity index (χ2v) is 8.99. The SMILES string of the molecule is CCCn1c(SCC(=O)Nc2sccc2C#N)nnc1-c1csc2ccccc12. The first-order chi connectivity index (χ1) is 14.2. The standard InChI is InChI=1S/C20H17N5OS3/c1-2-8-25-18(15-11-28-16-6-4-3-5-14(15)16)23-24-20(25)29-12-17(26)22-19-13(10-21)7-9-27-19/h3-7,9,11H,2,8,12H2,1H3,(H,22,26). The van der Waals surface area contributed by atoms with E-state index in [1.165, 1.54) is 33.2 Å². The number of nitrogens with zero attached hydrogens (tertiary/aromatic N) is 4. The molecule has 0 saturated heterocycles. The Morgan fingerprint density at radius 2 is 2.14 bits per heavy atom. The van der Waals surface area contributed by atoms with Crippen LogP contribution in [0.5, 0.6) is 0 Å². The second kappa shape index (κ2) is 8.78. The summed E-state index contributed by atoms with van der Waals surface area (Å²) in [5.74, 6) is 0.870. The highest BCUT2D eigenvalue weighted by Crippen LogP contribution is 2.34. The van der Waals surface area contributed by atoms with Gasteiger partial charge in [-0.3, -0.25) is 4.79 Å². The van der Waals surface area contributed by atoms with E-state index < -0.39 is 0 Å². The molecule has 9 heteroatoms. The van der Waals surface area contributed by atoms with Crippen LogP contribution in [0.4, 0.5) is 5.00 Å². The summed E-state index contributed by atoms with van der Waals surface area (Å²) in [5, 5.41) is 27.0. The van der Waals surface area contributed by atoms with Gasteiger partial charge in [-0.15, -0.1) is 32.9 Å². The molecule has 0 fully saturated rings. The van der Waals surface area contributed by atoms with Crippen LogP contribution in [0.15, 0.2) is 46.2 Å². The van der Waals surface area contributed by atoms with Gasteiger partial charge in [0.15, 0.2) is 11.0 Å². The van der Waals surface area contributed by atoms with E-state index in [1.807, 2.05) is 12.1 Å². The molecule has 4 rings (SSSR count). The smallest absolute Gasteiger partial charge is 0.235 e. The largest absolute Gasteiger partial charge is 0.316 e. The molecule has 0 aliphatic carbocycles. The number of thioether (sulfide) groups is 1. The van der Waals surface area contributed by atoms with Crippen LogP contribution in [0.25, 0.3) is 21.5 Å². The average Bonchev–Trinajstić information content (AvgIpc) is 3.45. The number of nitrogens with one attached hydrogen (secondary N) is 1. The lowest BCUT2D eigenvalue weighted by Gasteiger charge is -2.08. The Morgan fingerprint density at radius 3 is 2.97 bits per heavy atom. The Bertz CT molecular complexity index is 1200. The summed E-state index contributed by atoms with van der Waals surface area (Å²) < 4.78 is 3.30. The molecule has 3 heterocycles. The maximum Gasteiger partial charge on any atom is 0.235 e. The molecule has 0 unspecified atom stereocenters. The summed E-state index contributed by atoms with van der Waals surface area (Å²) >= 11 is 4.39. The molecule has 0 saturated carbocycles. The van der Waals surface area contributed by atoms with Crippen LogP contribution in [-0.4, -0.2) is 26.4 Å². The number of rotatable bonds is 7. The van der Waals surface area contributed by atoms with Gasteiger partial charge in [0, 0.05) is 27.6 Å². The number of aromatic nitrogens is 3. The fraction of sp³-hybridized carbons (Fsp3) is 0.200. The predicted molar refractivity (Wildman–Crippen MR) is 120 cm³/mol. The zero-order chi connectivity index (χ0) is 20.2. The number of nitriles is 1. The van der Waals surface area contributed by atoms with Crippen LogP contribution in [0.1, 0.15) is 18.9 Å². The van der Waals surface area contributed by atoms with Crippen LogP contribution in [0.2, 0.25) is 0 Å². The highest BCUT2D eigenvalue weighted by molar-refractivity contribution is 7.99. The molecule has 1 aromatic carbocycles. The van der Waals surface area contributed by atoms with Crippen molar-refractivity contribution in [3.8, 4) is 17.5 Å². The number of hydrogen-bond acceptors (Lipinski definition) is 7. The molecular weight excluding hydrogens is 422 g/mol. The zero-order valence-corrected chi connectivity index (χ0v) is 18.0. The van der Waals surface area contributed by atoms with Gasteiger partial charge in [-0.25, -0.2) is 0 Å². The van der Waals surface area contributed by atoms with Crippen molar-refractivity contribution in [3.05, 3.63) is 46.7 Å². The molecule has 0 radical (unpaired) electrons. The predicted octanol–water partition coefficient (Wildman–Crippen LogP) is 5.23. The maximum atomic E-state index is 12.3. The first-order valence-corrected chi connectivity index (χ1v) is 11.8. The Balaban J connectivity index is 1.54. The van der Waals surface area contributed by atoms with Crippen molar-refractivity contribution in [2.45, 2.75) is 25.0 Å². The Morgan fingerprint density at radius 1 is 1.28 bits per heavy atom. The number of carbonyl (C=O) groups excluding carboxylic acids is 1. The topological polar surface area (TPSA) is 83.6 Å². The molecule has 0 bridgehead atoms. The summed E-state index contributed by atoms with van der Waals surface area (Å²) in [4.78, 5) is 12.3. The maximum absolute atomic E-state index is 12.3. The summed E-state index contributed by atoms with van der Waals surface area (Å²) in [6, 6.07) is 12.0. The lowest BCUT2D eigenvalue weighted by Crippen LogP contribution is -2.14. The Labute approximate surface area is 180 Å².